The highest BCUT2D eigenvalue weighted by Gasteiger charge is 2.35. The van der Waals surface area contributed by atoms with Gasteiger partial charge in [0.15, 0.2) is 0 Å². The van der Waals surface area contributed by atoms with E-state index in [-0.39, 0.29) is 5.91 Å². The first-order valence-electron chi connectivity index (χ1n) is 7.87. The maximum absolute atomic E-state index is 11.9. The summed E-state index contributed by atoms with van der Waals surface area (Å²) in [5.41, 5.74) is 0.448. The highest BCUT2D eigenvalue weighted by atomic mass is 16.5. The van der Waals surface area contributed by atoms with Crippen molar-refractivity contribution in [3.05, 3.63) is 12.2 Å². The number of carbonyl (C=O) groups excluding carboxylic acids is 1. The molecule has 1 heterocycles. The molecule has 1 saturated heterocycles. The summed E-state index contributed by atoms with van der Waals surface area (Å²) in [5.74, 6) is 0.157. The minimum atomic E-state index is 0.157. The number of methoxy groups -OCH3 is 1. The van der Waals surface area contributed by atoms with Gasteiger partial charge >= 0.3 is 0 Å². The molecule has 0 aromatic carbocycles. The minimum absolute atomic E-state index is 0.157. The molecule has 1 aliphatic carbocycles. The second-order valence-corrected chi connectivity index (χ2v) is 6.22. The van der Waals surface area contributed by atoms with Crippen molar-refractivity contribution in [1.29, 1.82) is 0 Å². The summed E-state index contributed by atoms with van der Waals surface area (Å²) in [6.07, 6.45) is 11.8. The SMILES string of the molecule is COCCCNC(=O)CN1CCCC2(CC=CCC2)C1. The number of nitrogens with zero attached hydrogens (tertiary/aromatic N) is 1. The number of nitrogens with one attached hydrogen (secondary N) is 1. The molecule has 114 valence electrons. The first-order chi connectivity index (χ1) is 9.74. The van der Waals surface area contributed by atoms with Gasteiger partial charge in [-0.25, -0.2) is 0 Å². The zero-order valence-corrected chi connectivity index (χ0v) is 12.7. The van der Waals surface area contributed by atoms with Crippen LogP contribution >= 0.6 is 0 Å². The third-order valence-electron chi connectivity index (χ3n) is 4.51. The molecule has 0 saturated carbocycles. The number of allylic oxidation sites excluding steroid dienone is 2. The van der Waals surface area contributed by atoms with Gasteiger partial charge in [0.2, 0.25) is 5.91 Å². The van der Waals surface area contributed by atoms with Gasteiger partial charge in [-0.1, -0.05) is 12.2 Å². The molecule has 0 radical (unpaired) electrons. The standard InChI is InChI=1S/C16H28N2O2/c1-20-12-6-10-17-15(19)13-18-11-5-9-16(14-18)7-3-2-4-8-16/h2-3H,4-14H2,1H3,(H,17,19). The van der Waals surface area contributed by atoms with E-state index in [4.69, 9.17) is 4.74 Å². The van der Waals surface area contributed by atoms with Crippen molar-refractivity contribution in [2.45, 2.75) is 38.5 Å². The zero-order chi connectivity index (χ0) is 14.3. The third-order valence-corrected chi connectivity index (χ3v) is 4.51. The highest BCUT2D eigenvalue weighted by molar-refractivity contribution is 5.77. The molecular formula is C16H28N2O2. The van der Waals surface area contributed by atoms with Crippen molar-refractivity contribution >= 4 is 5.91 Å². The number of rotatable bonds is 6. The topological polar surface area (TPSA) is 41.6 Å². The third kappa shape index (κ3) is 4.60. The van der Waals surface area contributed by atoms with Crippen LogP contribution in [-0.4, -0.2) is 50.7 Å². The Morgan fingerprint density at radius 1 is 1.40 bits per heavy atom. The van der Waals surface area contributed by atoms with E-state index >= 15 is 0 Å². The lowest BCUT2D eigenvalue weighted by atomic mass is 9.71. The van der Waals surface area contributed by atoms with Crippen LogP contribution in [0.1, 0.15) is 38.5 Å². The highest BCUT2D eigenvalue weighted by Crippen LogP contribution is 2.40. The summed E-state index contributed by atoms with van der Waals surface area (Å²) in [7, 11) is 1.69. The Balaban J connectivity index is 1.72. The van der Waals surface area contributed by atoms with E-state index < -0.39 is 0 Å². The second-order valence-electron chi connectivity index (χ2n) is 6.22. The Kier molecular flexibility index (Phi) is 6.05. The van der Waals surface area contributed by atoms with Gasteiger partial charge in [0.1, 0.15) is 0 Å². The number of ether oxygens (including phenoxy) is 1. The molecule has 2 rings (SSSR count). The predicted molar refractivity (Wildman–Crippen MR) is 80.6 cm³/mol. The van der Waals surface area contributed by atoms with Gasteiger partial charge in [-0.15, -0.1) is 0 Å². The Labute approximate surface area is 122 Å². The van der Waals surface area contributed by atoms with Gasteiger partial charge in [0.05, 0.1) is 6.54 Å². The van der Waals surface area contributed by atoms with Crippen molar-refractivity contribution in [2.75, 3.05) is 39.9 Å². The van der Waals surface area contributed by atoms with E-state index in [9.17, 15) is 4.79 Å². The van der Waals surface area contributed by atoms with Gasteiger partial charge in [-0.3, -0.25) is 9.69 Å². The van der Waals surface area contributed by atoms with Crippen LogP contribution in [0.15, 0.2) is 12.2 Å². The van der Waals surface area contributed by atoms with E-state index in [1.807, 2.05) is 0 Å². The van der Waals surface area contributed by atoms with E-state index in [1.54, 1.807) is 7.11 Å². The summed E-state index contributed by atoms with van der Waals surface area (Å²) >= 11 is 0. The molecule has 1 aliphatic heterocycles. The predicted octanol–water partition coefficient (Wildman–Crippen LogP) is 1.96. The van der Waals surface area contributed by atoms with Crippen molar-refractivity contribution < 1.29 is 9.53 Å². The molecule has 1 N–H and O–H groups in total. The van der Waals surface area contributed by atoms with Crippen LogP contribution < -0.4 is 5.32 Å². The Bertz CT molecular complexity index is 343. The van der Waals surface area contributed by atoms with Crippen LogP contribution in [0.5, 0.6) is 0 Å². The quantitative estimate of drug-likeness (QED) is 0.597. The number of hydrogen-bond acceptors (Lipinski definition) is 3. The smallest absolute Gasteiger partial charge is 0.234 e. The maximum atomic E-state index is 11.9. The molecule has 0 aromatic heterocycles. The molecule has 4 nitrogen and oxygen atoms in total. The first kappa shape index (κ1) is 15.5. The fourth-order valence-electron chi connectivity index (χ4n) is 3.46. The molecule has 1 spiro atoms. The largest absolute Gasteiger partial charge is 0.385 e. The summed E-state index contributed by atoms with van der Waals surface area (Å²) in [6, 6.07) is 0. The van der Waals surface area contributed by atoms with Gasteiger partial charge in [0.25, 0.3) is 0 Å². The van der Waals surface area contributed by atoms with Crippen molar-refractivity contribution in [3.63, 3.8) is 0 Å². The van der Waals surface area contributed by atoms with Crippen molar-refractivity contribution in [3.8, 4) is 0 Å². The van der Waals surface area contributed by atoms with Crippen LogP contribution in [0.2, 0.25) is 0 Å². The van der Waals surface area contributed by atoms with Crippen LogP contribution in [0.4, 0.5) is 0 Å². The second kappa shape index (κ2) is 7.79. The van der Waals surface area contributed by atoms with E-state index in [1.165, 1.54) is 32.1 Å². The molecule has 1 atom stereocenters. The zero-order valence-electron chi connectivity index (χ0n) is 12.7. The van der Waals surface area contributed by atoms with Gasteiger partial charge in [0, 0.05) is 26.8 Å². The molecule has 4 heteroatoms. The number of amides is 1. The number of hydrogen-bond donors (Lipinski definition) is 1. The molecule has 1 unspecified atom stereocenters. The molecule has 20 heavy (non-hydrogen) atoms. The molecule has 0 aromatic rings. The van der Waals surface area contributed by atoms with Crippen LogP contribution in [0, 0.1) is 5.41 Å². The minimum Gasteiger partial charge on any atom is -0.385 e. The Morgan fingerprint density at radius 2 is 2.30 bits per heavy atom. The fourth-order valence-corrected chi connectivity index (χ4v) is 3.46. The summed E-state index contributed by atoms with van der Waals surface area (Å²) in [4.78, 5) is 14.3. The van der Waals surface area contributed by atoms with Crippen LogP contribution in [-0.2, 0) is 9.53 Å². The maximum Gasteiger partial charge on any atom is 0.234 e. The van der Waals surface area contributed by atoms with Gasteiger partial charge in [-0.05, 0) is 50.5 Å². The van der Waals surface area contributed by atoms with Crippen molar-refractivity contribution in [2.24, 2.45) is 5.41 Å². The van der Waals surface area contributed by atoms with E-state index in [0.717, 1.165) is 19.5 Å². The van der Waals surface area contributed by atoms with E-state index in [2.05, 4.69) is 22.4 Å². The summed E-state index contributed by atoms with van der Waals surface area (Å²) in [6.45, 7) is 4.13. The Hall–Kier alpha value is -0.870. The van der Waals surface area contributed by atoms with Crippen LogP contribution in [0.25, 0.3) is 0 Å². The monoisotopic (exact) mass is 280 g/mol. The van der Waals surface area contributed by atoms with Gasteiger partial charge < -0.3 is 10.1 Å². The van der Waals surface area contributed by atoms with Gasteiger partial charge in [-0.2, -0.15) is 0 Å². The number of piperidine rings is 1. The molecule has 1 fully saturated rings. The lowest BCUT2D eigenvalue weighted by Crippen LogP contribution is -2.47. The molecule has 0 bridgehead atoms. The Morgan fingerprint density at radius 3 is 3.05 bits per heavy atom. The average Bonchev–Trinajstić information content (AvgIpc) is 2.44. The van der Waals surface area contributed by atoms with Crippen molar-refractivity contribution in [1.82, 2.24) is 10.2 Å². The lowest BCUT2D eigenvalue weighted by molar-refractivity contribution is -0.123. The molecule has 1 amide bonds. The fraction of sp³-hybridized carbons (Fsp3) is 0.812. The van der Waals surface area contributed by atoms with E-state index in [0.29, 0.717) is 25.1 Å². The summed E-state index contributed by atoms with van der Waals surface area (Å²) < 4.78 is 4.98. The molecular weight excluding hydrogens is 252 g/mol. The van der Waals surface area contributed by atoms with Crippen LogP contribution in [0.3, 0.4) is 0 Å². The normalized spacial score (nSPS) is 26.9. The first-order valence-corrected chi connectivity index (χ1v) is 7.87. The average molecular weight is 280 g/mol. The number of carbonyl (C=O) groups is 1. The number of likely N-dealkylation sites (tertiary alicyclic amines) is 1. The lowest BCUT2D eigenvalue weighted by Gasteiger charge is -2.43. The summed E-state index contributed by atoms with van der Waals surface area (Å²) in [5, 5.41) is 2.98. The molecule has 2 aliphatic rings.